The predicted molar refractivity (Wildman–Crippen MR) is 127 cm³/mol. The van der Waals surface area contributed by atoms with Crippen LogP contribution in [0, 0.1) is 5.82 Å². The van der Waals surface area contributed by atoms with Crippen LogP contribution in [-0.2, 0) is 4.79 Å². The first-order chi connectivity index (χ1) is 16.0. The zero-order valence-electron chi connectivity index (χ0n) is 18.0. The van der Waals surface area contributed by atoms with Crippen LogP contribution >= 0.6 is 0 Å². The van der Waals surface area contributed by atoms with Crippen molar-refractivity contribution in [1.29, 1.82) is 0 Å². The van der Waals surface area contributed by atoms with Crippen LogP contribution in [0.1, 0.15) is 12.5 Å². The summed E-state index contributed by atoms with van der Waals surface area (Å²) in [6.45, 7) is 1.83. The van der Waals surface area contributed by atoms with Crippen molar-refractivity contribution in [3.05, 3.63) is 84.4 Å². The first-order valence-corrected chi connectivity index (χ1v) is 10.3. The number of allylic oxidation sites excluding steroid dienone is 1. The second-order valence-electron chi connectivity index (χ2n) is 7.62. The second kappa shape index (κ2) is 8.27. The lowest BCUT2D eigenvalue weighted by atomic mass is 9.99. The van der Waals surface area contributed by atoms with Crippen molar-refractivity contribution in [2.24, 2.45) is 0 Å². The lowest BCUT2D eigenvalue weighted by Gasteiger charge is -2.10. The molecule has 0 aliphatic carbocycles. The van der Waals surface area contributed by atoms with E-state index in [4.69, 9.17) is 9.15 Å². The Hall–Kier alpha value is -4.39. The summed E-state index contributed by atoms with van der Waals surface area (Å²) < 4.78 is 24.6. The number of ether oxygens (including phenoxy) is 1. The van der Waals surface area contributed by atoms with E-state index in [1.165, 1.54) is 18.2 Å². The minimum atomic E-state index is -0.320. The number of hydrogen-bond donors (Lipinski definition) is 2. The molecule has 5 aromatic rings. The van der Waals surface area contributed by atoms with Gasteiger partial charge in [0, 0.05) is 28.7 Å². The second-order valence-corrected chi connectivity index (χ2v) is 7.62. The molecule has 33 heavy (non-hydrogen) atoms. The van der Waals surface area contributed by atoms with Crippen molar-refractivity contribution in [1.82, 2.24) is 9.97 Å². The van der Waals surface area contributed by atoms with Crippen LogP contribution in [0.2, 0.25) is 0 Å². The molecule has 6 nitrogen and oxygen atoms in total. The van der Waals surface area contributed by atoms with Gasteiger partial charge < -0.3 is 14.1 Å². The standard InChI is InChI=1S/C26H20FN3O3/c1-15(11-25(31)30-26-28-21-5-3-4-6-22(21)29-26)18-12-19-20(16-7-9-17(27)10-8-16)14-33-24(19)13-23(18)32-2/h3-14H,1-2H3,(H2,28,29,30,31)/b15-11+. The fourth-order valence-electron chi connectivity index (χ4n) is 3.82. The molecule has 5 rings (SSSR count). The van der Waals surface area contributed by atoms with E-state index in [0.717, 1.165) is 33.1 Å². The van der Waals surface area contributed by atoms with E-state index in [2.05, 4.69) is 15.3 Å². The molecule has 0 bridgehead atoms. The average Bonchev–Trinajstić information content (AvgIpc) is 3.41. The molecule has 0 spiro atoms. The third-order valence-corrected chi connectivity index (χ3v) is 5.45. The lowest BCUT2D eigenvalue weighted by Crippen LogP contribution is -2.09. The molecule has 2 N–H and O–H groups in total. The zero-order chi connectivity index (χ0) is 22.9. The van der Waals surface area contributed by atoms with E-state index in [-0.39, 0.29) is 11.7 Å². The number of halogens is 1. The molecule has 0 radical (unpaired) electrons. The summed E-state index contributed by atoms with van der Waals surface area (Å²) in [4.78, 5) is 20.1. The monoisotopic (exact) mass is 441 g/mol. The number of hydrogen-bond acceptors (Lipinski definition) is 4. The summed E-state index contributed by atoms with van der Waals surface area (Å²) in [5.74, 6) is 0.330. The number of carbonyl (C=O) groups is 1. The normalized spacial score (nSPS) is 11.8. The van der Waals surface area contributed by atoms with Gasteiger partial charge in [0.25, 0.3) is 5.91 Å². The van der Waals surface area contributed by atoms with Crippen LogP contribution < -0.4 is 10.1 Å². The van der Waals surface area contributed by atoms with Crippen LogP contribution in [0.3, 0.4) is 0 Å². The Labute approximate surface area is 188 Å². The largest absolute Gasteiger partial charge is 0.496 e. The van der Waals surface area contributed by atoms with E-state index >= 15 is 0 Å². The number of aromatic amines is 1. The lowest BCUT2D eigenvalue weighted by molar-refractivity contribution is -0.111. The maximum absolute atomic E-state index is 13.4. The molecule has 2 heterocycles. The van der Waals surface area contributed by atoms with Crippen LogP contribution in [-0.4, -0.2) is 23.0 Å². The van der Waals surface area contributed by atoms with E-state index < -0.39 is 0 Å². The van der Waals surface area contributed by atoms with Gasteiger partial charge in [0.15, 0.2) is 0 Å². The molecule has 0 saturated heterocycles. The number of H-pyrrole nitrogens is 1. The highest BCUT2D eigenvalue weighted by atomic mass is 19.1. The van der Waals surface area contributed by atoms with Gasteiger partial charge in [-0.25, -0.2) is 9.37 Å². The molecular weight excluding hydrogens is 421 g/mol. The number of carbonyl (C=O) groups excluding carboxylic acids is 1. The number of furan rings is 1. The smallest absolute Gasteiger partial charge is 0.250 e. The molecule has 0 aliphatic heterocycles. The van der Waals surface area contributed by atoms with Gasteiger partial charge in [-0.15, -0.1) is 0 Å². The van der Waals surface area contributed by atoms with Gasteiger partial charge in [-0.05, 0) is 48.4 Å². The van der Waals surface area contributed by atoms with Crippen LogP contribution in [0.4, 0.5) is 10.3 Å². The summed E-state index contributed by atoms with van der Waals surface area (Å²) in [6, 6.07) is 17.5. The number of amides is 1. The number of anilines is 1. The number of fused-ring (bicyclic) bond motifs is 2. The highest BCUT2D eigenvalue weighted by molar-refractivity contribution is 6.05. The number of imidazole rings is 1. The molecule has 3 aromatic carbocycles. The number of para-hydroxylation sites is 2. The average molecular weight is 441 g/mol. The van der Waals surface area contributed by atoms with Gasteiger partial charge in [-0.1, -0.05) is 24.3 Å². The van der Waals surface area contributed by atoms with Gasteiger partial charge in [-0.2, -0.15) is 0 Å². The maximum Gasteiger partial charge on any atom is 0.250 e. The topological polar surface area (TPSA) is 80.2 Å². The van der Waals surface area contributed by atoms with Crippen LogP contribution in [0.15, 0.2) is 77.4 Å². The molecular formula is C26H20FN3O3. The van der Waals surface area contributed by atoms with Crippen molar-refractivity contribution >= 4 is 39.4 Å². The summed E-state index contributed by atoms with van der Waals surface area (Å²) in [7, 11) is 1.57. The van der Waals surface area contributed by atoms with E-state index in [9.17, 15) is 9.18 Å². The van der Waals surface area contributed by atoms with E-state index in [0.29, 0.717) is 22.9 Å². The highest BCUT2D eigenvalue weighted by Gasteiger charge is 2.15. The minimum Gasteiger partial charge on any atom is -0.496 e. The van der Waals surface area contributed by atoms with E-state index in [1.807, 2.05) is 37.3 Å². The van der Waals surface area contributed by atoms with E-state index in [1.54, 1.807) is 31.6 Å². The molecule has 0 aliphatic rings. The number of nitrogens with one attached hydrogen (secondary N) is 2. The zero-order valence-corrected chi connectivity index (χ0v) is 18.0. The third kappa shape index (κ3) is 3.96. The summed E-state index contributed by atoms with van der Waals surface area (Å²) >= 11 is 0. The van der Waals surface area contributed by atoms with Crippen molar-refractivity contribution in [2.75, 3.05) is 12.4 Å². The SMILES string of the molecule is COc1cc2occ(-c3ccc(F)cc3)c2cc1/C(C)=C/C(=O)Nc1nc2ccccc2[nH]1. The van der Waals surface area contributed by atoms with Crippen molar-refractivity contribution in [3.8, 4) is 16.9 Å². The summed E-state index contributed by atoms with van der Waals surface area (Å²) in [5.41, 5.74) is 5.35. The van der Waals surface area contributed by atoms with Crippen LogP contribution in [0.25, 0.3) is 38.7 Å². The van der Waals surface area contributed by atoms with Crippen LogP contribution in [0.5, 0.6) is 5.75 Å². The molecule has 2 aromatic heterocycles. The molecule has 0 atom stereocenters. The first-order valence-electron chi connectivity index (χ1n) is 10.3. The van der Waals surface area contributed by atoms with Gasteiger partial charge in [-0.3, -0.25) is 10.1 Å². The van der Waals surface area contributed by atoms with Gasteiger partial charge >= 0.3 is 0 Å². The Morgan fingerprint density at radius 3 is 2.70 bits per heavy atom. The Bertz CT molecular complexity index is 1480. The fourth-order valence-corrected chi connectivity index (χ4v) is 3.82. The Morgan fingerprint density at radius 1 is 1.15 bits per heavy atom. The Kier molecular flexibility index (Phi) is 5.14. The number of nitrogens with zero attached hydrogens (tertiary/aromatic N) is 1. The Balaban J connectivity index is 1.48. The van der Waals surface area contributed by atoms with Gasteiger partial charge in [0.2, 0.25) is 5.95 Å². The molecule has 0 fully saturated rings. The molecule has 164 valence electrons. The number of benzene rings is 3. The summed E-state index contributed by atoms with van der Waals surface area (Å²) in [5, 5.41) is 3.60. The molecule has 7 heteroatoms. The quantitative estimate of drug-likeness (QED) is 0.320. The number of methoxy groups -OCH3 is 1. The minimum absolute atomic E-state index is 0.303. The molecule has 1 amide bonds. The Morgan fingerprint density at radius 2 is 1.94 bits per heavy atom. The van der Waals surface area contributed by atoms with Gasteiger partial charge in [0.05, 0.1) is 24.4 Å². The fraction of sp³-hybridized carbons (Fsp3) is 0.0769. The molecule has 0 saturated carbocycles. The predicted octanol–water partition coefficient (Wildman–Crippen LogP) is 6.17. The number of aromatic nitrogens is 2. The van der Waals surface area contributed by atoms with Crippen molar-refractivity contribution < 1.29 is 18.3 Å². The van der Waals surface area contributed by atoms with Crippen molar-refractivity contribution in [3.63, 3.8) is 0 Å². The third-order valence-electron chi connectivity index (χ3n) is 5.45. The summed E-state index contributed by atoms with van der Waals surface area (Å²) in [6.07, 6.45) is 3.13. The maximum atomic E-state index is 13.4. The van der Waals surface area contributed by atoms with Gasteiger partial charge in [0.1, 0.15) is 17.1 Å². The first kappa shape index (κ1) is 20.5. The van der Waals surface area contributed by atoms with Crippen molar-refractivity contribution in [2.45, 2.75) is 6.92 Å². The molecule has 0 unspecified atom stereocenters. The highest BCUT2D eigenvalue weighted by Crippen LogP contribution is 2.37. The number of rotatable bonds is 5.